The number of carbonyl (C=O) groups is 2. The van der Waals surface area contributed by atoms with Crippen LogP contribution < -0.4 is 5.32 Å². The normalized spacial score (nSPS) is 24.4. The van der Waals surface area contributed by atoms with Gasteiger partial charge in [0, 0.05) is 12.3 Å². The first-order valence-electron chi connectivity index (χ1n) is 5.14. The number of rotatable bonds is 3. The van der Waals surface area contributed by atoms with E-state index in [0.29, 0.717) is 5.76 Å². The van der Waals surface area contributed by atoms with E-state index in [4.69, 9.17) is 9.52 Å². The van der Waals surface area contributed by atoms with Crippen molar-refractivity contribution in [2.24, 2.45) is 5.92 Å². The van der Waals surface area contributed by atoms with Crippen LogP contribution in [0.2, 0.25) is 0 Å². The first-order valence-corrected chi connectivity index (χ1v) is 5.14. The van der Waals surface area contributed by atoms with Crippen LogP contribution in [0, 0.1) is 12.8 Å². The highest BCUT2D eigenvalue weighted by molar-refractivity contribution is 5.80. The lowest BCUT2D eigenvalue weighted by molar-refractivity contribution is -0.138. The summed E-state index contributed by atoms with van der Waals surface area (Å²) in [4.78, 5) is 22.0. The molecule has 0 aromatic carbocycles. The van der Waals surface area contributed by atoms with E-state index in [2.05, 4.69) is 5.32 Å². The van der Waals surface area contributed by atoms with Crippen LogP contribution in [0.1, 0.15) is 30.4 Å². The molecule has 0 saturated carbocycles. The van der Waals surface area contributed by atoms with E-state index in [9.17, 15) is 9.59 Å². The lowest BCUT2D eigenvalue weighted by Gasteiger charge is -2.14. The maximum atomic E-state index is 11.3. The van der Waals surface area contributed by atoms with Crippen molar-refractivity contribution in [2.45, 2.75) is 25.8 Å². The van der Waals surface area contributed by atoms with Crippen molar-refractivity contribution < 1.29 is 19.1 Å². The Bertz CT molecular complexity index is 423. The van der Waals surface area contributed by atoms with Crippen LogP contribution in [0.15, 0.2) is 16.5 Å². The van der Waals surface area contributed by atoms with Crippen LogP contribution in [-0.2, 0) is 9.59 Å². The fourth-order valence-electron chi connectivity index (χ4n) is 2.04. The van der Waals surface area contributed by atoms with Gasteiger partial charge in [-0.3, -0.25) is 9.59 Å². The van der Waals surface area contributed by atoms with Crippen molar-refractivity contribution in [3.05, 3.63) is 23.7 Å². The van der Waals surface area contributed by atoms with Crippen molar-refractivity contribution in [2.75, 3.05) is 0 Å². The van der Waals surface area contributed by atoms with Gasteiger partial charge in [0.2, 0.25) is 5.91 Å². The predicted molar refractivity (Wildman–Crippen MR) is 54.7 cm³/mol. The van der Waals surface area contributed by atoms with Gasteiger partial charge in [-0.05, 0) is 19.1 Å². The minimum Gasteiger partial charge on any atom is -0.481 e. The Kier molecular flexibility index (Phi) is 2.68. The van der Waals surface area contributed by atoms with Gasteiger partial charge in [0.05, 0.1) is 12.5 Å². The fraction of sp³-hybridized carbons (Fsp3) is 0.455. The van der Waals surface area contributed by atoms with Crippen molar-refractivity contribution >= 4 is 11.9 Å². The Morgan fingerprint density at radius 3 is 2.94 bits per heavy atom. The number of hydrogen-bond acceptors (Lipinski definition) is 3. The average molecular weight is 223 g/mol. The van der Waals surface area contributed by atoms with Crippen LogP contribution in [0.4, 0.5) is 0 Å². The number of carboxylic acid groups (broad SMARTS) is 1. The molecule has 86 valence electrons. The summed E-state index contributed by atoms with van der Waals surface area (Å²) in [6.07, 6.45) is 0.222. The molecule has 16 heavy (non-hydrogen) atoms. The molecule has 1 aromatic heterocycles. The highest BCUT2D eigenvalue weighted by atomic mass is 16.4. The molecule has 1 aromatic rings. The molecular weight excluding hydrogens is 210 g/mol. The monoisotopic (exact) mass is 223 g/mol. The molecule has 0 spiro atoms. The molecule has 0 aliphatic carbocycles. The van der Waals surface area contributed by atoms with Crippen LogP contribution in [-0.4, -0.2) is 17.0 Å². The molecule has 2 atom stereocenters. The lowest BCUT2D eigenvalue weighted by atomic mass is 9.95. The summed E-state index contributed by atoms with van der Waals surface area (Å²) in [6.45, 7) is 1.81. The van der Waals surface area contributed by atoms with Gasteiger partial charge in [-0.1, -0.05) is 0 Å². The number of carboxylic acids is 1. The molecule has 1 aliphatic rings. The number of carbonyl (C=O) groups excluding carboxylic acids is 1. The third-order valence-electron chi connectivity index (χ3n) is 2.74. The molecule has 2 rings (SSSR count). The molecule has 5 nitrogen and oxygen atoms in total. The second-order valence-electron chi connectivity index (χ2n) is 4.06. The molecular formula is C11H13NO4. The SMILES string of the molecule is Cc1ccc([C@H]2NC(=O)C[C@@H]2CC(=O)O)o1. The average Bonchev–Trinajstić information content (AvgIpc) is 2.72. The molecule has 5 heteroatoms. The number of hydrogen-bond donors (Lipinski definition) is 2. The maximum absolute atomic E-state index is 11.3. The van der Waals surface area contributed by atoms with E-state index >= 15 is 0 Å². The minimum absolute atomic E-state index is 0.0246. The zero-order valence-electron chi connectivity index (χ0n) is 8.90. The van der Waals surface area contributed by atoms with Crippen molar-refractivity contribution in [3.8, 4) is 0 Å². The van der Waals surface area contributed by atoms with Gasteiger partial charge in [-0.15, -0.1) is 0 Å². The summed E-state index contributed by atoms with van der Waals surface area (Å²) in [5, 5.41) is 11.5. The highest BCUT2D eigenvalue weighted by Crippen LogP contribution is 2.33. The number of aryl methyl sites for hydroxylation is 1. The smallest absolute Gasteiger partial charge is 0.303 e. The molecule has 1 saturated heterocycles. The fourth-order valence-corrected chi connectivity index (χ4v) is 2.04. The standard InChI is InChI=1S/C11H13NO4/c1-6-2-3-8(16-6)11-7(5-10(14)15)4-9(13)12-11/h2-3,7,11H,4-5H2,1H3,(H,12,13)(H,14,15)/t7-,11+/m1/s1. The number of amides is 1. The molecule has 1 amide bonds. The van der Waals surface area contributed by atoms with E-state index in [1.807, 2.05) is 6.92 Å². The van der Waals surface area contributed by atoms with Gasteiger partial charge in [0.25, 0.3) is 0 Å². The third kappa shape index (κ3) is 2.08. The van der Waals surface area contributed by atoms with Crippen molar-refractivity contribution in [1.82, 2.24) is 5.32 Å². The van der Waals surface area contributed by atoms with E-state index in [0.717, 1.165) is 5.76 Å². The second kappa shape index (κ2) is 4.00. The molecule has 1 fully saturated rings. The summed E-state index contributed by atoms with van der Waals surface area (Å²) < 4.78 is 5.42. The Morgan fingerprint density at radius 2 is 2.38 bits per heavy atom. The Hall–Kier alpha value is -1.78. The highest BCUT2D eigenvalue weighted by Gasteiger charge is 2.36. The molecule has 0 radical (unpaired) electrons. The van der Waals surface area contributed by atoms with Crippen molar-refractivity contribution in [3.63, 3.8) is 0 Å². The first kappa shape index (κ1) is 10.7. The number of aliphatic carboxylic acids is 1. The molecule has 2 N–H and O–H groups in total. The number of furan rings is 1. The summed E-state index contributed by atoms with van der Waals surface area (Å²) in [5.41, 5.74) is 0. The quantitative estimate of drug-likeness (QED) is 0.807. The summed E-state index contributed by atoms with van der Waals surface area (Å²) in [6, 6.07) is 3.27. The zero-order valence-corrected chi connectivity index (χ0v) is 8.90. The molecule has 2 heterocycles. The van der Waals surface area contributed by atoms with Gasteiger partial charge in [-0.25, -0.2) is 0 Å². The zero-order chi connectivity index (χ0) is 11.7. The van der Waals surface area contributed by atoms with E-state index in [-0.39, 0.29) is 30.7 Å². The Balaban J connectivity index is 2.18. The van der Waals surface area contributed by atoms with Crippen LogP contribution in [0.3, 0.4) is 0 Å². The van der Waals surface area contributed by atoms with Crippen LogP contribution in [0.25, 0.3) is 0 Å². The van der Waals surface area contributed by atoms with Gasteiger partial charge in [0.1, 0.15) is 11.5 Å². The summed E-state index contributed by atoms with van der Waals surface area (Å²) >= 11 is 0. The van der Waals surface area contributed by atoms with Gasteiger partial charge in [-0.2, -0.15) is 0 Å². The number of nitrogens with one attached hydrogen (secondary N) is 1. The van der Waals surface area contributed by atoms with Crippen LogP contribution in [0.5, 0.6) is 0 Å². The summed E-state index contributed by atoms with van der Waals surface area (Å²) in [5.74, 6) is 0.149. The Labute approximate surface area is 92.4 Å². The predicted octanol–water partition coefficient (Wildman–Crippen LogP) is 1.24. The van der Waals surface area contributed by atoms with E-state index in [1.54, 1.807) is 12.1 Å². The molecule has 0 bridgehead atoms. The lowest BCUT2D eigenvalue weighted by Crippen LogP contribution is -2.21. The summed E-state index contributed by atoms with van der Waals surface area (Å²) in [7, 11) is 0. The van der Waals surface area contributed by atoms with Gasteiger partial charge < -0.3 is 14.8 Å². The molecule has 0 unspecified atom stereocenters. The minimum atomic E-state index is -0.894. The second-order valence-corrected chi connectivity index (χ2v) is 4.06. The topological polar surface area (TPSA) is 79.5 Å². The van der Waals surface area contributed by atoms with E-state index in [1.165, 1.54) is 0 Å². The van der Waals surface area contributed by atoms with Crippen LogP contribution >= 0.6 is 0 Å². The van der Waals surface area contributed by atoms with Crippen molar-refractivity contribution in [1.29, 1.82) is 0 Å². The van der Waals surface area contributed by atoms with Gasteiger partial charge in [0.15, 0.2) is 0 Å². The molecule has 1 aliphatic heterocycles. The third-order valence-corrected chi connectivity index (χ3v) is 2.74. The first-order chi connectivity index (χ1) is 7.56. The maximum Gasteiger partial charge on any atom is 0.303 e. The van der Waals surface area contributed by atoms with Gasteiger partial charge >= 0.3 is 5.97 Å². The Morgan fingerprint density at radius 1 is 1.62 bits per heavy atom. The van der Waals surface area contributed by atoms with E-state index < -0.39 is 5.97 Å². The largest absolute Gasteiger partial charge is 0.481 e.